The van der Waals surface area contributed by atoms with Crippen molar-refractivity contribution in [2.45, 2.75) is 20.3 Å². The number of rotatable bonds is 11. The van der Waals surface area contributed by atoms with E-state index >= 15 is 0 Å². The first-order valence-electron chi connectivity index (χ1n) is 8.00. The summed E-state index contributed by atoms with van der Waals surface area (Å²) in [6.07, 6.45) is 1.08. The standard InChI is InChI=1S/C17H25N3O2S2/c1-14(2)7-9-21-11-12-22-10-8-18-17(24)20-16-5-3-15(4-6-16)19-13-23/h3-6,14H,7-12H2,1-2H3,(H2,18,20,24). The van der Waals surface area contributed by atoms with Crippen molar-refractivity contribution >= 4 is 46.1 Å². The van der Waals surface area contributed by atoms with Gasteiger partial charge in [0.2, 0.25) is 0 Å². The Morgan fingerprint density at radius 2 is 1.79 bits per heavy atom. The summed E-state index contributed by atoms with van der Waals surface area (Å²) in [5, 5.41) is 9.07. The second-order valence-corrected chi connectivity index (χ2v) is 6.13. The molecule has 0 aromatic heterocycles. The lowest BCUT2D eigenvalue weighted by atomic mass is 10.1. The van der Waals surface area contributed by atoms with Gasteiger partial charge in [0.1, 0.15) is 0 Å². The van der Waals surface area contributed by atoms with Crippen LogP contribution >= 0.6 is 24.4 Å². The molecule has 1 aromatic carbocycles. The van der Waals surface area contributed by atoms with Crippen molar-refractivity contribution < 1.29 is 9.47 Å². The molecule has 0 heterocycles. The number of nitrogens with zero attached hydrogens (tertiary/aromatic N) is 1. The average molecular weight is 368 g/mol. The minimum atomic E-state index is 0.554. The normalized spacial score (nSPS) is 10.3. The van der Waals surface area contributed by atoms with Gasteiger partial charge in [0.05, 0.1) is 30.7 Å². The molecule has 0 aliphatic heterocycles. The Balaban J connectivity index is 2.04. The Hall–Kier alpha value is -1.37. The van der Waals surface area contributed by atoms with Crippen molar-refractivity contribution in [2.75, 3.05) is 38.3 Å². The van der Waals surface area contributed by atoms with Crippen LogP contribution in [-0.2, 0) is 9.47 Å². The zero-order chi connectivity index (χ0) is 17.6. The van der Waals surface area contributed by atoms with Gasteiger partial charge in [0.15, 0.2) is 5.11 Å². The fourth-order valence-electron chi connectivity index (χ4n) is 1.73. The van der Waals surface area contributed by atoms with E-state index in [0.717, 1.165) is 24.4 Å². The van der Waals surface area contributed by atoms with E-state index in [-0.39, 0.29) is 0 Å². The smallest absolute Gasteiger partial charge is 0.170 e. The molecule has 0 unspecified atom stereocenters. The molecule has 0 radical (unpaired) electrons. The van der Waals surface area contributed by atoms with Crippen LogP contribution in [-0.4, -0.2) is 43.2 Å². The fourth-order valence-corrected chi connectivity index (χ4v) is 2.05. The Bertz CT molecular complexity index is 529. The van der Waals surface area contributed by atoms with Gasteiger partial charge in [0, 0.05) is 18.8 Å². The maximum atomic E-state index is 5.48. The molecule has 7 heteroatoms. The van der Waals surface area contributed by atoms with Gasteiger partial charge in [-0.1, -0.05) is 13.8 Å². The van der Waals surface area contributed by atoms with Crippen molar-refractivity contribution in [2.24, 2.45) is 10.9 Å². The second-order valence-electron chi connectivity index (χ2n) is 5.54. The highest BCUT2D eigenvalue weighted by Gasteiger charge is 1.98. The second kappa shape index (κ2) is 13.0. The zero-order valence-electron chi connectivity index (χ0n) is 14.2. The van der Waals surface area contributed by atoms with E-state index in [1.807, 2.05) is 24.3 Å². The predicted octanol–water partition coefficient (Wildman–Crippen LogP) is 3.79. The lowest BCUT2D eigenvalue weighted by molar-refractivity contribution is 0.0460. The van der Waals surface area contributed by atoms with Gasteiger partial charge in [-0.25, -0.2) is 0 Å². The summed E-state index contributed by atoms with van der Waals surface area (Å²) in [4.78, 5) is 3.89. The van der Waals surface area contributed by atoms with Gasteiger partial charge >= 0.3 is 0 Å². The van der Waals surface area contributed by atoms with Crippen molar-refractivity contribution in [3.63, 3.8) is 0 Å². The molecular formula is C17H25N3O2S2. The van der Waals surface area contributed by atoms with E-state index in [2.05, 4.69) is 46.9 Å². The Kier molecular flexibility index (Phi) is 11.2. The molecule has 24 heavy (non-hydrogen) atoms. The molecule has 0 fully saturated rings. The van der Waals surface area contributed by atoms with E-state index in [0.29, 0.717) is 37.4 Å². The van der Waals surface area contributed by atoms with E-state index < -0.39 is 0 Å². The van der Waals surface area contributed by atoms with Crippen LogP contribution in [0, 0.1) is 5.92 Å². The zero-order valence-corrected chi connectivity index (χ0v) is 15.8. The Morgan fingerprint density at radius 3 is 2.42 bits per heavy atom. The van der Waals surface area contributed by atoms with Gasteiger partial charge in [-0.3, -0.25) is 0 Å². The summed E-state index contributed by atoms with van der Waals surface area (Å²) in [5.74, 6) is 0.674. The first-order valence-corrected chi connectivity index (χ1v) is 8.81. The molecule has 2 N–H and O–H groups in total. The molecule has 0 bridgehead atoms. The SMILES string of the molecule is CC(C)CCOCCOCCNC(=S)Nc1ccc(N=C=S)cc1. The minimum Gasteiger partial charge on any atom is -0.379 e. The maximum absolute atomic E-state index is 5.48. The van der Waals surface area contributed by atoms with E-state index in [1.165, 1.54) is 0 Å². The van der Waals surface area contributed by atoms with Crippen LogP contribution in [0.1, 0.15) is 20.3 Å². The van der Waals surface area contributed by atoms with E-state index in [4.69, 9.17) is 21.7 Å². The molecule has 0 aliphatic rings. The molecule has 1 rings (SSSR count). The van der Waals surface area contributed by atoms with Crippen molar-refractivity contribution in [1.82, 2.24) is 5.32 Å². The van der Waals surface area contributed by atoms with Crippen LogP contribution in [0.15, 0.2) is 29.3 Å². The molecule has 0 aliphatic carbocycles. The third-order valence-corrected chi connectivity index (χ3v) is 3.38. The first-order chi connectivity index (χ1) is 11.6. The lowest BCUT2D eigenvalue weighted by Crippen LogP contribution is -2.31. The molecule has 1 aromatic rings. The van der Waals surface area contributed by atoms with Crippen LogP contribution < -0.4 is 10.6 Å². The number of aliphatic imine (C=N–C) groups is 1. The average Bonchev–Trinajstić information content (AvgIpc) is 2.55. The van der Waals surface area contributed by atoms with Gasteiger partial charge in [-0.2, -0.15) is 4.99 Å². The van der Waals surface area contributed by atoms with Gasteiger partial charge < -0.3 is 20.1 Å². The van der Waals surface area contributed by atoms with Crippen LogP contribution in [0.5, 0.6) is 0 Å². The van der Waals surface area contributed by atoms with Gasteiger partial charge in [-0.15, -0.1) is 0 Å². The molecule has 0 spiro atoms. The van der Waals surface area contributed by atoms with Crippen molar-refractivity contribution in [3.05, 3.63) is 24.3 Å². The number of isothiocyanates is 1. The third-order valence-electron chi connectivity index (χ3n) is 3.04. The summed E-state index contributed by atoms with van der Waals surface area (Å²) < 4.78 is 11.0. The molecule has 0 atom stereocenters. The molecular weight excluding hydrogens is 342 g/mol. The highest BCUT2D eigenvalue weighted by molar-refractivity contribution is 7.80. The van der Waals surface area contributed by atoms with Crippen LogP contribution in [0.2, 0.25) is 0 Å². The first kappa shape index (κ1) is 20.7. The van der Waals surface area contributed by atoms with E-state index in [1.54, 1.807) is 0 Å². The lowest BCUT2D eigenvalue weighted by Gasteiger charge is -2.11. The monoisotopic (exact) mass is 367 g/mol. The molecule has 0 amide bonds. The number of hydrogen-bond acceptors (Lipinski definition) is 5. The summed E-state index contributed by atoms with van der Waals surface area (Å²) in [6.45, 7) is 7.62. The van der Waals surface area contributed by atoms with Crippen molar-refractivity contribution in [1.29, 1.82) is 0 Å². The predicted molar refractivity (Wildman–Crippen MR) is 106 cm³/mol. The quantitative estimate of drug-likeness (QED) is 0.353. The fraction of sp³-hybridized carbons (Fsp3) is 0.529. The topological polar surface area (TPSA) is 54.9 Å². The van der Waals surface area contributed by atoms with Crippen LogP contribution in [0.25, 0.3) is 0 Å². The Morgan fingerprint density at radius 1 is 1.12 bits per heavy atom. The molecule has 5 nitrogen and oxygen atoms in total. The number of hydrogen-bond donors (Lipinski definition) is 2. The largest absolute Gasteiger partial charge is 0.379 e. The van der Waals surface area contributed by atoms with Crippen molar-refractivity contribution in [3.8, 4) is 0 Å². The Labute approximate surface area is 154 Å². The van der Waals surface area contributed by atoms with Gasteiger partial charge in [0.25, 0.3) is 0 Å². The number of anilines is 1. The summed E-state index contributed by atoms with van der Waals surface area (Å²) >= 11 is 9.79. The molecule has 132 valence electrons. The number of benzene rings is 1. The summed E-state index contributed by atoms with van der Waals surface area (Å²) in [7, 11) is 0. The highest BCUT2D eigenvalue weighted by Crippen LogP contribution is 2.15. The van der Waals surface area contributed by atoms with Crippen LogP contribution in [0.4, 0.5) is 11.4 Å². The number of thiocarbonyl (C=S) groups is 2. The van der Waals surface area contributed by atoms with E-state index in [9.17, 15) is 0 Å². The molecule has 0 saturated carbocycles. The van der Waals surface area contributed by atoms with Gasteiger partial charge in [-0.05, 0) is 61.0 Å². The molecule has 0 saturated heterocycles. The van der Waals surface area contributed by atoms with Crippen LogP contribution in [0.3, 0.4) is 0 Å². The summed E-state index contributed by atoms with van der Waals surface area (Å²) in [5.41, 5.74) is 1.65. The number of ether oxygens (including phenoxy) is 2. The maximum Gasteiger partial charge on any atom is 0.170 e. The third kappa shape index (κ3) is 10.4. The minimum absolute atomic E-state index is 0.554. The summed E-state index contributed by atoms with van der Waals surface area (Å²) in [6, 6.07) is 7.44. The number of nitrogens with one attached hydrogen (secondary N) is 2. The highest BCUT2D eigenvalue weighted by atomic mass is 32.1.